The lowest BCUT2D eigenvalue weighted by molar-refractivity contribution is 0.442. The van der Waals surface area contributed by atoms with Gasteiger partial charge in [0.2, 0.25) is 0 Å². The van der Waals surface area contributed by atoms with E-state index in [1.54, 1.807) is 10.9 Å². The number of nitrogens with two attached hydrogens (primary N) is 1. The van der Waals surface area contributed by atoms with E-state index in [1.807, 2.05) is 13.2 Å². The van der Waals surface area contributed by atoms with Gasteiger partial charge in [0, 0.05) is 13.2 Å². The second-order valence-corrected chi connectivity index (χ2v) is 4.32. The maximum atomic E-state index is 5.51. The van der Waals surface area contributed by atoms with Gasteiger partial charge in [0.15, 0.2) is 0 Å². The molecule has 0 amide bonds. The van der Waals surface area contributed by atoms with Crippen molar-refractivity contribution in [2.45, 2.75) is 38.1 Å². The molecule has 1 saturated carbocycles. The number of aryl methyl sites for hydroxylation is 1. The molecule has 0 bridgehead atoms. The van der Waals surface area contributed by atoms with E-state index < -0.39 is 0 Å². The SMILES string of the molecule is Cn1cc(C(=NC2CCCCC2)NN)cn1. The Morgan fingerprint density at radius 3 is 2.81 bits per heavy atom. The van der Waals surface area contributed by atoms with E-state index in [0.717, 1.165) is 11.4 Å². The molecule has 5 nitrogen and oxygen atoms in total. The Bertz CT molecular complexity index is 362. The fraction of sp³-hybridized carbons (Fsp3) is 0.636. The summed E-state index contributed by atoms with van der Waals surface area (Å²) in [6, 6.07) is 0.417. The van der Waals surface area contributed by atoms with Crippen LogP contribution in [-0.4, -0.2) is 21.7 Å². The number of hydrogen-bond donors (Lipinski definition) is 2. The molecule has 0 unspecified atom stereocenters. The lowest BCUT2D eigenvalue weighted by Crippen LogP contribution is -2.32. The third-order valence-electron chi connectivity index (χ3n) is 3.00. The summed E-state index contributed by atoms with van der Waals surface area (Å²) in [7, 11) is 1.89. The molecule has 0 aliphatic heterocycles. The minimum absolute atomic E-state index is 0.417. The van der Waals surface area contributed by atoms with Crippen LogP contribution < -0.4 is 11.3 Å². The van der Waals surface area contributed by atoms with Gasteiger partial charge < -0.3 is 5.43 Å². The van der Waals surface area contributed by atoms with Crippen molar-refractivity contribution in [3.8, 4) is 0 Å². The van der Waals surface area contributed by atoms with Crippen LogP contribution in [0.15, 0.2) is 17.4 Å². The molecule has 5 heteroatoms. The maximum Gasteiger partial charge on any atom is 0.145 e. The standard InChI is InChI=1S/C11H19N5/c1-16-8-9(7-13-16)11(15-12)14-10-5-3-2-4-6-10/h7-8,10H,2-6,12H2,1H3,(H,14,15). The zero-order valence-corrected chi connectivity index (χ0v) is 9.69. The van der Waals surface area contributed by atoms with Gasteiger partial charge in [-0.3, -0.25) is 9.67 Å². The quantitative estimate of drug-likeness (QED) is 0.338. The summed E-state index contributed by atoms with van der Waals surface area (Å²) in [6.07, 6.45) is 9.93. The molecule has 2 rings (SSSR count). The Labute approximate surface area is 95.7 Å². The van der Waals surface area contributed by atoms with E-state index in [-0.39, 0.29) is 0 Å². The van der Waals surface area contributed by atoms with Crippen LogP contribution >= 0.6 is 0 Å². The zero-order chi connectivity index (χ0) is 11.4. The van der Waals surface area contributed by atoms with E-state index in [4.69, 9.17) is 5.84 Å². The molecule has 0 atom stereocenters. The van der Waals surface area contributed by atoms with Crippen LogP contribution in [0, 0.1) is 0 Å². The molecule has 0 radical (unpaired) electrons. The van der Waals surface area contributed by atoms with Crippen LogP contribution in [0.3, 0.4) is 0 Å². The summed E-state index contributed by atoms with van der Waals surface area (Å²) in [5.74, 6) is 6.26. The molecule has 88 valence electrons. The smallest absolute Gasteiger partial charge is 0.145 e. The Morgan fingerprint density at radius 1 is 1.50 bits per heavy atom. The van der Waals surface area contributed by atoms with Crippen molar-refractivity contribution in [2.24, 2.45) is 17.9 Å². The highest BCUT2D eigenvalue weighted by atomic mass is 15.3. The molecule has 1 heterocycles. The number of aliphatic imine (C=N–C) groups is 1. The van der Waals surface area contributed by atoms with Gasteiger partial charge in [-0.1, -0.05) is 19.3 Å². The topological polar surface area (TPSA) is 68.2 Å². The Kier molecular flexibility index (Phi) is 3.56. The average molecular weight is 221 g/mol. The van der Waals surface area contributed by atoms with E-state index in [1.165, 1.54) is 32.1 Å². The molecule has 1 aliphatic rings. The second kappa shape index (κ2) is 5.12. The van der Waals surface area contributed by atoms with Gasteiger partial charge in [0.05, 0.1) is 17.8 Å². The first-order valence-electron chi connectivity index (χ1n) is 5.83. The Hall–Kier alpha value is -1.36. The van der Waals surface area contributed by atoms with Gasteiger partial charge in [0.1, 0.15) is 5.84 Å². The number of hydrogen-bond acceptors (Lipinski definition) is 3. The fourth-order valence-electron chi connectivity index (χ4n) is 2.13. The van der Waals surface area contributed by atoms with E-state index in [2.05, 4.69) is 15.5 Å². The minimum Gasteiger partial charge on any atom is -0.308 e. The van der Waals surface area contributed by atoms with Crippen LogP contribution in [-0.2, 0) is 7.05 Å². The predicted octanol–water partition coefficient (Wildman–Crippen LogP) is 0.963. The maximum absolute atomic E-state index is 5.51. The van der Waals surface area contributed by atoms with Gasteiger partial charge in [0.25, 0.3) is 0 Å². The molecule has 1 aromatic heterocycles. The second-order valence-electron chi connectivity index (χ2n) is 4.32. The summed E-state index contributed by atoms with van der Waals surface area (Å²) < 4.78 is 1.75. The van der Waals surface area contributed by atoms with Crippen molar-refractivity contribution in [1.82, 2.24) is 15.2 Å². The molecule has 1 aromatic rings. The number of nitrogens with zero attached hydrogens (tertiary/aromatic N) is 3. The van der Waals surface area contributed by atoms with E-state index >= 15 is 0 Å². The van der Waals surface area contributed by atoms with Gasteiger partial charge in [-0.25, -0.2) is 5.84 Å². The van der Waals surface area contributed by atoms with Gasteiger partial charge >= 0.3 is 0 Å². The number of nitrogens with one attached hydrogen (secondary N) is 1. The number of rotatable bonds is 2. The number of amidine groups is 1. The van der Waals surface area contributed by atoms with Crippen molar-refractivity contribution in [2.75, 3.05) is 0 Å². The predicted molar refractivity (Wildman–Crippen MR) is 63.9 cm³/mol. The van der Waals surface area contributed by atoms with Gasteiger partial charge in [-0.15, -0.1) is 0 Å². The molecule has 16 heavy (non-hydrogen) atoms. The summed E-state index contributed by atoms with van der Waals surface area (Å²) in [4.78, 5) is 4.66. The highest BCUT2D eigenvalue weighted by Crippen LogP contribution is 2.20. The summed E-state index contributed by atoms with van der Waals surface area (Å²) in [5.41, 5.74) is 3.63. The lowest BCUT2D eigenvalue weighted by atomic mass is 9.96. The minimum atomic E-state index is 0.417. The van der Waals surface area contributed by atoms with Crippen LogP contribution in [0.25, 0.3) is 0 Å². The molecule has 0 spiro atoms. The largest absolute Gasteiger partial charge is 0.308 e. The van der Waals surface area contributed by atoms with Crippen LogP contribution in [0.5, 0.6) is 0 Å². The third kappa shape index (κ3) is 2.61. The molecule has 1 fully saturated rings. The monoisotopic (exact) mass is 221 g/mol. The molecule has 3 N–H and O–H groups in total. The van der Waals surface area contributed by atoms with Crippen molar-refractivity contribution in [1.29, 1.82) is 0 Å². The summed E-state index contributed by atoms with van der Waals surface area (Å²) >= 11 is 0. The Balaban J connectivity index is 2.11. The third-order valence-corrected chi connectivity index (χ3v) is 3.00. The molecular weight excluding hydrogens is 202 g/mol. The van der Waals surface area contributed by atoms with E-state index in [0.29, 0.717) is 6.04 Å². The normalized spacial score (nSPS) is 18.8. The molecule has 0 saturated heterocycles. The highest BCUT2D eigenvalue weighted by Gasteiger charge is 2.14. The van der Waals surface area contributed by atoms with Crippen molar-refractivity contribution in [3.05, 3.63) is 18.0 Å². The van der Waals surface area contributed by atoms with Crippen molar-refractivity contribution >= 4 is 5.84 Å². The van der Waals surface area contributed by atoms with Gasteiger partial charge in [-0.2, -0.15) is 5.10 Å². The first-order chi connectivity index (χ1) is 7.79. The number of hydrazine groups is 1. The Morgan fingerprint density at radius 2 is 2.25 bits per heavy atom. The van der Waals surface area contributed by atoms with Crippen LogP contribution in [0.1, 0.15) is 37.7 Å². The first-order valence-corrected chi connectivity index (χ1v) is 5.83. The molecule has 1 aliphatic carbocycles. The number of aromatic nitrogens is 2. The first kappa shape index (κ1) is 11.1. The van der Waals surface area contributed by atoms with Crippen molar-refractivity contribution in [3.63, 3.8) is 0 Å². The fourth-order valence-corrected chi connectivity index (χ4v) is 2.13. The molecular formula is C11H19N5. The lowest BCUT2D eigenvalue weighted by Gasteiger charge is -2.18. The van der Waals surface area contributed by atoms with Gasteiger partial charge in [-0.05, 0) is 12.8 Å². The van der Waals surface area contributed by atoms with Crippen LogP contribution in [0.2, 0.25) is 0 Å². The zero-order valence-electron chi connectivity index (χ0n) is 9.69. The van der Waals surface area contributed by atoms with Crippen molar-refractivity contribution < 1.29 is 0 Å². The summed E-state index contributed by atoms with van der Waals surface area (Å²) in [5, 5.41) is 4.12. The average Bonchev–Trinajstić information content (AvgIpc) is 2.74. The summed E-state index contributed by atoms with van der Waals surface area (Å²) in [6.45, 7) is 0. The highest BCUT2D eigenvalue weighted by molar-refractivity contribution is 5.98. The molecule has 0 aromatic carbocycles. The van der Waals surface area contributed by atoms with Crippen LogP contribution in [0.4, 0.5) is 0 Å². The van der Waals surface area contributed by atoms with E-state index in [9.17, 15) is 0 Å².